The summed E-state index contributed by atoms with van der Waals surface area (Å²) in [6.07, 6.45) is 2.38. The maximum Gasteiger partial charge on any atom is 0.359 e. The molecule has 2 heterocycles. The first kappa shape index (κ1) is 13.4. The van der Waals surface area contributed by atoms with Crippen molar-refractivity contribution in [2.24, 2.45) is 0 Å². The number of carbonyl (C=O) groups excluding carboxylic acids is 2. The van der Waals surface area contributed by atoms with Gasteiger partial charge >= 0.3 is 5.97 Å². The van der Waals surface area contributed by atoms with E-state index in [0.717, 1.165) is 11.5 Å². The molecule has 1 aromatic rings. The molecular weight excluding hydrogens is 296 g/mol. The summed E-state index contributed by atoms with van der Waals surface area (Å²) < 4.78 is 9.08. The topological polar surface area (TPSA) is 68.3 Å². The van der Waals surface area contributed by atoms with E-state index < -0.39 is 5.97 Å². The maximum atomic E-state index is 11.9. The molecule has 18 heavy (non-hydrogen) atoms. The van der Waals surface area contributed by atoms with E-state index >= 15 is 0 Å². The van der Waals surface area contributed by atoms with Gasteiger partial charge in [0.15, 0.2) is 5.69 Å². The molecule has 1 N–H and O–H groups in total. The van der Waals surface area contributed by atoms with Gasteiger partial charge in [-0.05, 0) is 18.0 Å². The zero-order valence-electron chi connectivity index (χ0n) is 9.31. The Morgan fingerprint density at radius 2 is 2.39 bits per heavy atom. The molecule has 0 radical (unpaired) electrons. The molecule has 0 spiro atoms. The molecule has 0 aliphatic carbocycles. The van der Waals surface area contributed by atoms with Crippen LogP contribution in [-0.2, 0) is 9.53 Å². The fourth-order valence-electron chi connectivity index (χ4n) is 1.37. The third-order valence-electron chi connectivity index (χ3n) is 2.25. The van der Waals surface area contributed by atoms with E-state index in [-0.39, 0.29) is 16.9 Å². The van der Waals surface area contributed by atoms with Gasteiger partial charge in [-0.3, -0.25) is 4.79 Å². The Hall–Kier alpha value is -1.05. The predicted octanol–water partition coefficient (Wildman–Crippen LogP) is 2.45. The predicted molar refractivity (Wildman–Crippen MR) is 72.0 cm³/mol. The summed E-state index contributed by atoms with van der Waals surface area (Å²) in [5.74, 6) is -0.765. The second kappa shape index (κ2) is 5.73. The average Bonchev–Trinajstić information content (AvgIpc) is 2.97. The van der Waals surface area contributed by atoms with Crippen LogP contribution in [-0.4, -0.2) is 28.6 Å². The molecule has 0 saturated heterocycles. The molecule has 1 atom stereocenters. The lowest BCUT2D eigenvalue weighted by Gasteiger charge is -2.09. The molecular formula is C10H9ClN2O3S2. The lowest BCUT2D eigenvalue weighted by Crippen LogP contribution is -2.24. The zero-order valence-corrected chi connectivity index (χ0v) is 11.7. The molecule has 1 aliphatic rings. The fourth-order valence-corrected chi connectivity index (χ4v) is 3.22. The largest absolute Gasteiger partial charge is 0.464 e. The lowest BCUT2D eigenvalue weighted by molar-refractivity contribution is -0.115. The van der Waals surface area contributed by atoms with Crippen LogP contribution in [0.3, 0.4) is 0 Å². The van der Waals surface area contributed by atoms with E-state index in [1.165, 1.54) is 18.9 Å². The number of esters is 1. The van der Waals surface area contributed by atoms with Crippen molar-refractivity contribution in [2.45, 2.75) is 11.7 Å². The second-order valence-corrected chi connectivity index (χ2v) is 5.91. The number of ether oxygens (including phenoxy) is 1. The van der Waals surface area contributed by atoms with Gasteiger partial charge < -0.3 is 10.1 Å². The number of methoxy groups -OCH3 is 1. The van der Waals surface area contributed by atoms with E-state index in [1.807, 2.05) is 0 Å². The Morgan fingerprint density at radius 3 is 3.00 bits per heavy atom. The van der Waals surface area contributed by atoms with Crippen molar-refractivity contribution in [1.82, 2.24) is 4.37 Å². The van der Waals surface area contributed by atoms with Crippen LogP contribution in [0.2, 0.25) is 0 Å². The molecule has 1 unspecified atom stereocenters. The van der Waals surface area contributed by atoms with Crippen molar-refractivity contribution < 1.29 is 14.3 Å². The maximum absolute atomic E-state index is 11.9. The quantitative estimate of drug-likeness (QED) is 0.869. The Morgan fingerprint density at radius 1 is 1.61 bits per heavy atom. The Bertz CT molecular complexity index is 515. The summed E-state index contributed by atoms with van der Waals surface area (Å²) in [4.78, 5) is 23.3. The summed E-state index contributed by atoms with van der Waals surface area (Å²) in [7, 11) is 1.27. The van der Waals surface area contributed by atoms with Gasteiger partial charge in [0.1, 0.15) is 0 Å². The Kier molecular flexibility index (Phi) is 4.26. The van der Waals surface area contributed by atoms with Crippen molar-refractivity contribution in [1.29, 1.82) is 0 Å². The molecule has 0 bridgehead atoms. The average molecular weight is 305 g/mol. The van der Waals surface area contributed by atoms with Crippen molar-refractivity contribution in [2.75, 3.05) is 12.4 Å². The first-order valence-corrected chi connectivity index (χ1v) is 7.07. The Labute approximate surface area is 117 Å². The number of thioether (sulfide) groups is 1. The highest BCUT2D eigenvalue weighted by molar-refractivity contribution is 8.06. The molecule has 1 aliphatic heterocycles. The number of allylic oxidation sites excluding steroid dienone is 1. The second-order valence-electron chi connectivity index (χ2n) is 3.41. The van der Waals surface area contributed by atoms with Crippen LogP contribution in [0.25, 0.3) is 0 Å². The number of anilines is 1. The number of halogens is 1. The first-order valence-electron chi connectivity index (χ1n) is 4.97. The summed E-state index contributed by atoms with van der Waals surface area (Å²) in [5, 5.41) is 4.00. The van der Waals surface area contributed by atoms with Gasteiger partial charge in [-0.15, -0.1) is 11.8 Å². The van der Waals surface area contributed by atoms with Crippen molar-refractivity contribution in [3.05, 3.63) is 21.5 Å². The number of nitrogens with zero attached hydrogens (tertiary/aromatic N) is 1. The third-order valence-corrected chi connectivity index (χ3v) is 4.38. The van der Waals surface area contributed by atoms with Gasteiger partial charge in [-0.25, -0.2) is 4.79 Å². The van der Waals surface area contributed by atoms with Crippen LogP contribution in [0, 0.1) is 0 Å². The van der Waals surface area contributed by atoms with Gasteiger partial charge in [-0.2, -0.15) is 4.37 Å². The molecule has 1 aromatic heterocycles. The molecule has 8 heteroatoms. The number of hydrogen-bond donors (Lipinski definition) is 1. The number of carbonyl (C=O) groups is 2. The van der Waals surface area contributed by atoms with Gasteiger partial charge in [0.05, 0.1) is 22.4 Å². The summed E-state index contributed by atoms with van der Waals surface area (Å²) in [6, 6.07) is 0. The SMILES string of the molecule is COC(=O)c1nscc1NC(=O)C1CC=C(Cl)S1. The van der Waals surface area contributed by atoms with Crippen molar-refractivity contribution in [3.63, 3.8) is 0 Å². The van der Waals surface area contributed by atoms with E-state index in [1.54, 1.807) is 11.5 Å². The number of rotatable bonds is 3. The number of nitrogens with one attached hydrogen (secondary N) is 1. The number of aromatic nitrogens is 1. The van der Waals surface area contributed by atoms with Crippen LogP contribution >= 0.6 is 34.9 Å². The van der Waals surface area contributed by atoms with Crippen molar-refractivity contribution >= 4 is 52.5 Å². The molecule has 2 rings (SSSR count). The molecule has 0 aromatic carbocycles. The standard InChI is InChI=1S/C10H9ClN2O3S2/c1-16-10(15)8-5(4-17-13-8)12-9(14)6-2-3-7(11)18-6/h3-4,6H,2H2,1H3,(H,12,14). The van der Waals surface area contributed by atoms with E-state index in [0.29, 0.717) is 16.5 Å². The van der Waals surface area contributed by atoms with Crippen LogP contribution in [0.5, 0.6) is 0 Å². The van der Waals surface area contributed by atoms with Crippen LogP contribution in [0.4, 0.5) is 5.69 Å². The number of hydrogen-bond acceptors (Lipinski definition) is 6. The highest BCUT2D eigenvalue weighted by atomic mass is 35.5. The monoisotopic (exact) mass is 304 g/mol. The van der Waals surface area contributed by atoms with Gasteiger partial charge in [-0.1, -0.05) is 17.7 Å². The van der Waals surface area contributed by atoms with Crippen molar-refractivity contribution in [3.8, 4) is 0 Å². The fraction of sp³-hybridized carbons (Fsp3) is 0.300. The summed E-state index contributed by atoms with van der Waals surface area (Å²) in [5.41, 5.74) is 0.498. The highest BCUT2D eigenvalue weighted by Crippen LogP contribution is 2.35. The molecule has 1 amide bonds. The zero-order chi connectivity index (χ0) is 13.1. The molecule has 0 fully saturated rings. The minimum Gasteiger partial charge on any atom is -0.464 e. The van der Waals surface area contributed by atoms with Gasteiger partial charge in [0.25, 0.3) is 0 Å². The van der Waals surface area contributed by atoms with Crippen LogP contribution in [0.1, 0.15) is 16.9 Å². The molecule has 5 nitrogen and oxygen atoms in total. The minimum atomic E-state index is -0.568. The van der Waals surface area contributed by atoms with Crippen LogP contribution in [0.15, 0.2) is 15.8 Å². The Balaban J connectivity index is 2.04. The summed E-state index contributed by atoms with van der Waals surface area (Å²) in [6.45, 7) is 0. The number of amides is 1. The smallest absolute Gasteiger partial charge is 0.359 e. The lowest BCUT2D eigenvalue weighted by atomic mass is 10.2. The summed E-state index contributed by atoms with van der Waals surface area (Å²) >= 11 is 8.18. The molecule has 96 valence electrons. The highest BCUT2D eigenvalue weighted by Gasteiger charge is 2.26. The van der Waals surface area contributed by atoms with Gasteiger partial charge in [0.2, 0.25) is 5.91 Å². The third kappa shape index (κ3) is 2.85. The van der Waals surface area contributed by atoms with Gasteiger partial charge in [0, 0.05) is 5.38 Å². The molecule has 0 saturated carbocycles. The van der Waals surface area contributed by atoms with E-state index in [2.05, 4.69) is 14.4 Å². The normalized spacial score (nSPS) is 18.3. The van der Waals surface area contributed by atoms with E-state index in [9.17, 15) is 9.59 Å². The van der Waals surface area contributed by atoms with Crippen LogP contribution < -0.4 is 5.32 Å². The first-order chi connectivity index (χ1) is 8.61. The van der Waals surface area contributed by atoms with E-state index in [4.69, 9.17) is 11.6 Å². The minimum absolute atomic E-state index is 0.123.